The van der Waals surface area contributed by atoms with Crippen molar-refractivity contribution in [2.24, 2.45) is 5.41 Å². The van der Waals surface area contributed by atoms with E-state index < -0.39 is 0 Å². The normalized spacial score (nSPS) is 11.8. The number of hydrogen-bond acceptors (Lipinski definition) is 3. The van der Waals surface area contributed by atoms with E-state index in [1.807, 2.05) is 13.8 Å². The van der Waals surface area contributed by atoms with Crippen molar-refractivity contribution >= 4 is 0 Å². The molecular weight excluding hydrogens is 200 g/mol. The summed E-state index contributed by atoms with van der Waals surface area (Å²) in [7, 11) is 3.88. The molecule has 0 bridgehead atoms. The van der Waals surface area contributed by atoms with Crippen LogP contribution in [0, 0.1) is 16.7 Å². The predicted molar refractivity (Wildman–Crippen MR) is 67.2 cm³/mol. The molecule has 3 heteroatoms. The second-order valence-corrected chi connectivity index (χ2v) is 5.10. The molecule has 0 N–H and O–H groups in total. The molecule has 0 rings (SSSR count). The first kappa shape index (κ1) is 15.4. The van der Waals surface area contributed by atoms with Crippen LogP contribution in [0.15, 0.2) is 0 Å². The highest BCUT2D eigenvalue weighted by Crippen LogP contribution is 2.21. The third kappa shape index (κ3) is 8.70. The summed E-state index contributed by atoms with van der Waals surface area (Å²) in [6, 6.07) is 2.34. The highest BCUT2D eigenvalue weighted by Gasteiger charge is 2.15. The van der Waals surface area contributed by atoms with Crippen molar-refractivity contribution in [3.63, 3.8) is 0 Å². The molecule has 0 saturated carbocycles. The van der Waals surface area contributed by atoms with Crippen LogP contribution < -0.4 is 0 Å². The second kappa shape index (κ2) is 8.55. The van der Waals surface area contributed by atoms with Gasteiger partial charge >= 0.3 is 0 Å². The number of rotatable bonds is 9. The van der Waals surface area contributed by atoms with E-state index in [4.69, 9.17) is 10.00 Å². The molecule has 0 aromatic carbocycles. The van der Waals surface area contributed by atoms with E-state index in [-0.39, 0.29) is 5.41 Å². The summed E-state index contributed by atoms with van der Waals surface area (Å²) in [5, 5.41) is 8.87. The van der Waals surface area contributed by atoms with Crippen LogP contribution in [0.4, 0.5) is 0 Å². The van der Waals surface area contributed by atoms with Crippen LogP contribution in [0.25, 0.3) is 0 Å². The number of hydrogen-bond donors (Lipinski definition) is 0. The lowest BCUT2D eigenvalue weighted by molar-refractivity contribution is 0.178. The third-order valence-electron chi connectivity index (χ3n) is 2.78. The fraction of sp³-hybridized carbons (Fsp3) is 0.923. The molecule has 94 valence electrons. The van der Waals surface area contributed by atoms with Crippen molar-refractivity contribution in [3.05, 3.63) is 0 Å². The summed E-state index contributed by atoms with van der Waals surface area (Å²) in [5.74, 6) is 0. The van der Waals surface area contributed by atoms with Gasteiger partial charge in [-0.15, -0.1) is 0 Å². The molecule has 0 atom stereocenters. The first-order chi connectivity index (χ1) is 7.52. The molecule has 0 aromatic heterocycles. The molecule has 3 nitrogen and oxygen atoms in total. The molecule has 0 aliphatic heterocycles. The van der Waals surface area contributed by atoms with Gasteiger partial charge in [0.05, 0.1) is 11.5 Å². The van der Waals surface area contributed by atoms with Gasteiger partial charge in [0, 0.05) is 20.3 Å². The molecule has 0 radical (unpaired) electrons. The zero-order valence-corrected chi connectivity index (χ0v) is 11.3. The van der Waals surface area contributed by atoms with E-state index in [0.717, 1.165) is 39.0 Å². The lowest BCUT2D eigenvalue weighted by Crippen LogP contribution is -2.22. The van der Waals surface area contributed by atoms with Crippen molar-refractivity contribution < 1.29 is 4.74 Å². The Morgan fingerprint density at radius 3 is 2.38 bits per heavy atom. The third-order valence-corrected chi connectivity index (χ3v) is 2.78. The lowest BCUT2D eigenvalue weighted by atomic mass is 9.89. The minimum atomic E-state index is -0.158. The summed E-state index contributed by atoms with van der Waals surface area (Å²) >= 11 is 0. The van der Waals surface area contributed by atoms with Crippen LogP contribution in [0.3, 0.4) is 0 Å². The van der Waals surface area contributed by atoms with Crippen molar-refractivity contribution in [2.45, 2.75) is 39.5 Å². The van der Waals surface area contributed by atoms with Crippen LogP contribution in [0.2, 0.25) is 0 Å². The molecule has 16 heavy (non-hydrogen) atoms. The zero-order valence-electron chi connectivity index (χ0n) is 11.3. The Hall–Kier alpha value is -0.590. The molecule has 0 unspecified atom stereocenters. The maximum absolute atomic E-state index is 8.87. The lowest BCUT2D eigenvalue weighted by Gasteiger charge is -2.18. The molecule has 0 spiro atoms. The standard InChI is InChI=1S/C13H26N2O/c1-13(2,12-14)8-5-6-9-15(3)10-7-11-16-4/h5-11H2,1-4H3. The Labute approximate surface area is 100 Å². The van der Waals surface area contributed by atoms with E-state index in [1.54, 1.807) is 7.11 Å². The summed E-state index contributed by atoms with van der Waals surface area (Å²) in [4.78, 5) is 2.33. The van der Waals surface area contributed by atoms with Crippen molar-refractivity contribution in [1.82, 2.24) is 4.90 Å². The van der Waals surface area contributed by atoms with Gasteiger partial charge in [0.15, 0.2) is 0 Å². The van der Waals surface area contributed by atoms with E-state index in [9.17, 15) is 0 Å². The maximum atomic E-state index is 8.87. The van der Waals surface area contributed by atoms with Gasteiger partial charge in [-0.05, 0) is 46.7 Å². The summed E-state index contributed by atoms with van der Waals surface area (Å²) in [6.45, 7) is 7.07. The minimum absolute atomic E-state index is 0.158. The first-order valence-electron chi connectivity index (χ1n) is 6.10. The van der Waals surface area contributed by atoms with Crippen LogP contribution in [0.5, 0.6) is 0 Å². The number of nitriles is 1. The highest BCUT2D eigenvalue weighted by atomic mass is 16.5. The Morgan fingerprint density at radius 2 is 1.81 bits per heavy atom. The number of nitrogens with zero attached hydrogens (tertiary/aromatic N) is 2. The number of methoxy groups -OCH3 is 1. The first-order valence-corrected chi connectivity index (χ1v) is 6.10. The summed E-state index contributed by atoms with van der Waals surface area (Å²) < 4.78 is 5.01. The number of unbranched alkanes of at least 4 members (excludes halogenated alkanes) is 1. The molecule has 0 aliphatic rings. The van der Waals surface area contributed by atoms with Gasteiger partial charge in [-0.3, -0.25) is 0 Å². The van der Waals surface area contributed by atoms with E-state index in [2.05, 4.69) is 18.0 Å². The quantitative estimate of drug-likeness (QED) is 0.567. The van der Waals surface area contributed by atoms with Crippen LogP contribution in [-0.2, 0) is 4.74 Å². The average molecular weight is 226 g/mol. The maximum Gasteiger partial charge on any atom is 0.0683 e. The SMILES string of the molecule is COCCCN(C)CCCCC(C)(C)C#N. The fourth-order valence-electron chi connectivity index (χ4n) is 1.60. The smallest absolute Gasteiger partial charge is 0.0683 e. The Balaban J connectivity index is 3.41. The predicted octanol–water partition coefficient (Wildman–Crippen LogP) is 2.67. The Kier molecular flexibility index (Phi) is 8.23. The summed E-state index contributed by atoms with van der Waals surface area (Å²) in [5.41, 5.74) is -0.158. The molecule has 0 aromatic rings. The van der Waals surface area contributed by atoms with Gasteiger partial charge in [-0.25, -0.2) is 0 Å². The van der Waals surface area contributed by atoms with Crippen molar-refractivity contribution in [3.8, 4) is 6.07 Å². The molecule has 0 aliphatic carbocycles. The van der Waals surface area contributed by atoms with Crippen LogP contribution >= 0.6 is 0 Å². The molecular formula is C13H26N2O. The fourth-order valence-corrected chi connectivity index (χ4v) is 1.60. The van der Waals surface area contributed by atoms with Gasteiger partial charge in [-0.1, -0.05) is 6.42 Å². The molecule has 0 fully saturated rings. The largest absolute Gasteiger partial charge is 0.385 e. The average Bonchev–Trinajstić information content (AvgIpc) is 2.25. The molecule has 0 amide bonds. The Bertz CT molecular complexity index is 208. The topological polar surface area (TPSA) is 36.3 Å². The van der Waals surface area contributed by atoms with Crippen molar-refractivity contribution in [2.75, 3.05) is 33.9 Å². The van der Waals surface area contributed by atoms with Gasteiger partial charge < -0.3 is 9.64 Å². The summed E-state index contributed by atoms with van der Waals surface area (Å²) in [6.07, 6.45) is 4.40. The van der Waals surface area contributed by atoms with Gasteiger partial charge in [0.1, 0.15) is 0 Å². The Morgan fingerprint density at radius 1 is 1.19 bits per heavy atom. The minimum Gasteiger partial charge on any atom is -0.385 e. The molecule has 0 saturated heterocycles. The zero-order chi connectivity index (χ0) is 12.4. The number of ether oxygens (including phenoxy) is 1. The van der Waals surface area contributed by atoms with E-state index in [0.29, 0.717) is 0 Å². The van der Waals surface area contributed by atoms with Crippen molar-refractivity contribution in [1.29, 1.82) is 5.26 Å². The second-order valence-electron chi connectivity index (χ2n) is 5.10. The molecule has 0 heterocycles. The van der Waals surface area contributed by atoms with Crippen LogP contribution in [0.1, 0.15) is 39.5 Å². The monoisotopic (exact) mass is 226 g/mol. The van der Waals surface area contributed by atoms with E-state index >= 15 is 0 Å². The highest BCUT2D eigenvalue weighted by molar-refractivity contribution is 4.91. The van der Waals surface area contributed by atoms with E-state index in [1.165, 1.54) is 6.42 Å². The van der Waals surface area contributed by atoms with Gasteiger partial charge in [0.2, 0.25) is 0 Å². The van der Waals surface area contributed by atoms with Gasteiger partial charge in [-0.2, -0.15) is 5.26 Å². The van der Waals surface area contributed by atoms with Gasteiger partial charge in [0.25, 0.3) is 0 Å². The van der Waals surface area contributed by atoms with Crippen LogP contribution in [-0.4, -0.2) is 38.8 Å².